The van der Waals surface area contributed by atoms with Crippen LogP contribution in [0.4, 0.5) is 5.82 Å². The van der Waals surface area contributed by atoms with Gasteiger partial charge in [-0.2, -0.15) is 0 Å². The number of hydrogen-bond donors (Lipinski definition) is 1. The van der Waals surface area contributed by atoms with Crippen molar-refractivity contribution in [3.63, 3.8) is 0 Å². The van der Waals surface area contributed by atoms with Crippen LogP contribution in [0.3, 0.4) is 0 Å². The van der Waals surface area contributed by atoms with Crippen molar-refractivity contribution in [3.05, 3.63) is 36.0 Å². The Kier molecular flexibility index (Phi) is 3.88. The van der Waals surface area contributed by atoms with Crippen LogP contribution in [0.25, 0.3) is 10.8 Å². The van der Waals surface area contributed by atoms with E-state index in [0.717, 1.165) is 30.5 Å². The number of fused-ring (bicyclic) bond motifs is 1. The molecule has 0 amide bonds. The summed E-state index contributed by atoms with van der Waals surface area (Å²) in [5, 5.41) is 5.74. The summed E-state index contributed by atoms with van der Waals surface area (Å²) in [6, 6.07) is 10.7. The van der Waals surface area contributed by atoms with Gasteiger partial charge in [-0.1, -0.05) is 30.7 Å². The Hall–Kier alpha value is -1.61. The zero-order valence-corrected chi connectivity index (χ0v) is 12.4. The van der Waals surface area contributed by atoms with E-state index in [4.69, 9.17) is 4.98 Å². The molecule has 1 saturated carbocycles. The highest BCUT2D eigenvalue weighted by atomic mass is 15.2. The van der Waals surface area contributed by atoms with Gasteiger partial charge in [0.2, 0.25) is 0 Å². The third kappa shape index (κ3) is 2.63. The first kappa shape index (κ1) is 13.4. The first-order valence-electron chi connectivity index (χ1n) is 7.52. The van der Waals surface area contributed by atoms with Crippen LogP contribution in [0.1, 0.15) is 25.0 Å². The molecule has 0 saturated heterocycles. The fourth-order valence-corrected chi connectivity index (χ4v) is 2.95. The van der Waals surface area contributed by atoms with E-state index in [0.29, 0.717) is 0 Å². The number of aromatic nitrogens is 1. The Morgan fingerprint density at radius 1 is 1.30 bits per heavy atom. The van der Waals surface area contributed by atoms with Gasteiger partial charge in [0.05, 0.1) is 5.69 Å². The highest BCUT2D eigenvalue weighted by Crippen LogP contribution is 2.30. The largest absolute Gasteiger partial charge is 0.359 e. The van der Waals surface area contributed by atoms with E-state index < -0.39 is 0 Å². The molecule has 0 aliphatic heterocycles. The minimum Gasteiger partial charge on any atom is -0.359 e. The highest BCUT2D eigenvalue weighted by Gasteiger charge is 2.20. The molecule has 20 heavy (non-hydrogen) atoms. The lowest BCUT2D eigenvalue weighted by Crippen LogP contribution is -2.30. The number of benzene rings is 1. The van der Waals surface area contributed by atoms with Crippen LogP contribution >= 0.6 is 0 Å². The summed E-state index contributed by atoms with van der Waals surface area (Å²) in [5.74, 6) is 1.98. The predicted molar refractivity (Wildman–Crippen MR) is 85.1 cm³/mol. The SMILES string of the molecule is CNCc1cc2ccccc2c(N(C)CC2CCC2)n1. The van der Waals surface area contributed by atoms with Crippen LogP contribution in [0.5, 0.6) is 0 Å². The van der Waals surface area contributed by atoms with Gasteiger partial charge in [-0.3, -0.25) is 0 Å². The number of nitrogens with one attached hydrogen (secondary N) is 1. The van der Waals surface area contributed by atoms with E-state index in [9.17, 15) is 0 Å². The van der Waals surface area contributed by atoms with Gasteiger partial charge in [0.1, 0.15) is 5.82 Å². The molecule has 1 aliphatic rings. The lowest BCUT2D eigenvalue weighted by atomic mass is 9.85. The maximum atomic E-state index is 4.87. The topological polar surface area (TPSA) is 28.2 Å². The van der Waals surface area contributed by atoms with Gasteiger partial charge in [0, 0.05) is 25.5 Å². The third-order valence-electron chi connectivity index (χ3n) is 4.25. The van der Waals surface area contributed by atoms with Crippen molar-refractivity contribution in [1.29, 1.82) is 0 Å². The van der Waals surface area contributed by atoms with Crippen LogP contribution in [0.2, 0.25) is 0 Å². The van der Waals surface area contributed by atoms with Crippen molar-refractivity contribution in [2.75, 3.05) is 25.5 Å². The van der Waals surface area contributed by atoms with E-state index in [1.54, 1.807) is 0 Å². The summed E-state index contributed by atoms with van der Waals surface area (Å²) >= 11 is 0. The molecule has 1 aliphatic carbocycles. The summed E-state index contributed by atoms with van der Waals surface area (Å²) in [6.07, 6.45) is 4.14. The van der Waals surface area contributed by atoms with Crippen molar-refractivity contribution < 1.29 is 0 Å². The van der Waals surface area contributed by atoms with Crippen LogP contribution in [0.15, 0.2) is 30.3 Å². The van der Waals surface area contributed by atoms with E-state index in [1.807, 2.05) is 7.05 Å². The molecule has 0 atom stereocenters. The molecular weight excluding hydrogens is 246 g/mol. The van der Waals surface area contributed by atoms with E-state index in [2.05, 4.69) is 47.6 Å². The predicted octanol–water partition coefficient (Wildman–Crippen LogP) is 3.19. The number of pyridine rings is 1. The first-order chi connectivity index (χ1) is 9.78. The average molecular weight is 269 g/mol. The molecule has 3 heteroatoms. The van der Waals surface area contributed by atoms with Gasteiger partial charge in [-0.05, 0) is 37.3 Å². The lowest BCUT2D eigenvalue weighted by molar-refractivity contribution is 0.321. The smallest absolute Gasteiger partial charge is 0.136 e. The van der Waals surface area contributed by atoms with Gasteiger partial charge >= 0.3 is 0 Å². The van der Waals surface area contributed by atoms with Crippen LogP contribution in [0, 0.1) is 5.92 Å². The normalized spacial score (nSPS) is 15.3. The molecule has 0 spiro atoms. The van der Waals surface area contributed by atoms with E-state index in [1.165, 1.54) is 30.0 Å². The Morgan fingerprint density at radius 3 is 2.80 bits per heavy atom. The zero-order chi connectivity index (χ0) is 13.9. The number of nitrogens with zero attached hydrogens (tertiary/aromatic N) is 2. The first-order valence-corrected chi connectivity index (χ1v) is 7.52. The summed E-state index contributed by atoms with van der Waals surface area (Å²) in [5.41, 5.74) is 1.11. The molecule has 1 heterocycles. The minimum atomic E-state index is 0.815. The molecule has 0 unspecified atom stereocenters. The second-order valence-corrected chi connectivity index (χ2v) is 5.87. The lowest BCUT2D eigenvalue weighted by Gasteiger charge is -2.31. The van der Waals surface area contributed by atoms with Crippen LogP contribution in [-0.2, 0) is 6.54 Å². The van der Waals surface area contributed by atoms with Crippen LogP contribution in [-0.4, -0.2) is 25.6 Å². The highest BCUT2D eigenvalue weighted by molar-refractivity contribution is 5.92. The fourth-order valence-electron chi connectivity index (χ4n) is 2.95. The maximum Gasteiger partial charge on any atom is 0.136 e. The molecule has 0 radical (unpaired) electrons. The quantitative estimate of drug-likeness (QED) is 0.903. The molecule has 3 rings (SSSR count). The zero-order valence-electron chi connectivity index (χ0n) is 12.4. The second-order valence-electron chi connectivity index (χ2n) is 5.87. The number of hydrogen-bond acceptors (Lipinski definition) is 3. The van der Waals surface area contributed by atoms with Crippen molar-refractivity contribution >= 4 is 16.6 Å². The maximum absolute atomic E-state index is 4.87. The Bertz CT molecular complexity index is 590. The third-order valence-corrected chi connectivity index (χ3v) is 4.25. The van der Waals surface area contributed by atoms with Crippen LogP contribution < -0.4 is 10.2 Å². The van der Waals surface area contributed by atoms with Gasteiger partial charge < -0.3 is 10.2 Å². The molecule has 1 fully saturated rings. The van der Waals surface area contributed by atoms with Gasteiger partial charge in [-0.25, -0.2) is 4.98 Å². The molecule has 1 aromatic carbocycles. The molecule has 1 N–H and O–H groups in total. The van der Waals surface area contributed by atoms with Crippen molar-refractivity contribution in [2.45, 2.75) is 25.8 Å². The second kappa shape index (κ2) is 5.80. The van der Waals surface area contributed by atoms with Crippen molar-refractivity contribution in [2.24, 2.45) is 5.92 Å². The summed E-state index contributed by atoms with van der Waals surface area (Å²) in [7, 11) is 4.14. The van der Waals surface area contributed by atoms with Crippen molar-refractivity contribution in [1.82, 2.24) is 10.3 Å². The number of rotatable bonds is 5. The summed E-state index contributed by atoms with van der Waals surface area (Å²) in [6.45, 7) is 1.94. The monoisotopic (exact) mass is 269 g/mol. The molecule has 2 aromatic rings. The van der Waals surface area contributed by atoms with E-state index >= 15 is 0 Å². The Balaban J connectivity index is 1.97. The van der Waals surface area contributed by atoms with Gasteiger partial charge in [0.15, 0.2) is 0 Å². The van der Waals surface area contributed by atoms with Gasteiger partial charge in [-0.15, -0.1) is 0 Å². The minimum absolute atomic E-state index is 0.815. The Morgan fingerprint density at radius 2 is 2.10 bits per heavy atom. The average Bonchev–Trinajstić information content (AvgIpc) is 2.42. The molecule has 106 valence electrons. The standard InChI is InChI=1S/C17H23N3/c1-18-11-15-10-14-8-3-4-9-16(14)17(19-15)20(2)12-13-6-5-7-13/h3-4,8-10,13,18H,5-7,11-12H2,1-2H3. The summed E-state index contributed by atoms with van der Waals surface area (Å²) < 4.78 is 0. The number of anilines is 1. The summed E-state index contributed by atoms with van der Waals surface area (Å²) in [4.78, 5) is 7.20. The molecule has 0 bridgehead atoms. The fraction of sp³-hybridized carbons (Fsp3) is 0.471. The van der Waals surface area contributed by atoms with Gasteiger partial charge in [0.25, 0.3) is 0 Å². The van der Waals surface area contributed by atoms with Crippen molar-refractivity contribution in [3.8, 4) is 0 Å². The molecule has 1 aromatic heterocycles. The molecular formula is C17H23N3. The Labute approximate surface area is 121 Å². The molecule has 3 nitrogen and oxygen atoms in total. The van der Waals surface area contributed by atoms with E-state index in [-0.39, 0.29) is 0 Å².